The lowest BCUT2D eigenvalue weighted by atomic mass is 10.3. The summed E-state index contributed by atoms with van der Waals surface area (Å²) in [6.07, 6.45) is -3.34. The van der Waals surface area contributed by atoms with Crippen LogP contribution >= 0.6 is 7.82 Å². The second-order valence-corrected chi connectivity index (χ2v) is 4.38. The summed E-state index contributed by atoms with van der Waals surface area (Å²) in [6, 6.07) is 0. The van der Waals surface area contributed by atoms with E-state index < -0.39 is 20.6 Å². The van der Waals surface area contributed by atoms with Gasteiger partial charge in [-0.05, 0) is 12.8 Å². The third-order valence-corrected chi connectivity index (χ3v) is 2.87. The second-order valence-electron chi connectivity index (χ2n) is 2.71. The van der Waals surface area contributed by atoms with E-state index in [0.717, 1.165) is 0 Å². The van der Waals surface area contributed by atoms with Crippen molar-refractivity contribution in [3.63, 3.8) is 0 Å². The van der Waals surface area contributed by atoms with Gasteiger partial charge in [0.05, 0.1) is 13.2 Å². The topological polar surface area (TPSA) is 44.8 Å². The van der Waals surface area contributed by atoms with Gasteiger partial charge in [0.2, 0.25) is 0 Å². The van der Waals surface area contributed by atoms with Crippen LogP contribution in [0.1, 0.15) is 12.8 Å². The van der Waals surface area contributed by atoms with Crippen molar-refractivity contribution in [3.8, 4) is 0 Å². The molecular formula is C6H10F3O4P. The maximum absolute atomic E-state index is 11.7. The van der Waals surface area contributed by atoms with Gasteiger partial charge < -0.3 is 0 Å². The molecule has 1 aliphatic rings. The Morgan fingerprint density at radius 1 is 1.21 bits per heavy atom. The summed E-state index contributed by atoms with van der Waals surface area (Å²) < 4.78 is 59.8. The van der Waals surface area contributed by atoms with Gasteiger partial charge in [-0.25, -0.2) is 4.57 Å². The molecule has 0 amide bonds. The van der Waals surface area contributed by atoms with Crippen LogP contribution in [0.25, 0.3) is 0 Å². The van der Waals surface area contributed by atoms with Gasteiger partial charge in [0, 0.05) is 0 Å². The van der Waals surface area contributed by atoms with Crippen molar-refractivity contribution in [2.45, 2.75) is 19.0 Å². The van der Waals surface area contributed by atoms with E-state index in [1.807, 2.05) is 0 Å². The molecule has 0 N–H and O–H groups in total. The van der Waals surface area contributed by atoms with Gasteiger partial charge in [-0.1, -0.05) is 0 Å². The molecule has 1 aliphatic heterocycles. The van der Waals surface area contributed by atoms with Gasteiger partial charge in [0.15, 0.2) is 6.61 Å². The van der Waals surface area contributed by atoms with Crippen LogP contribution in [0, 0.1) is 0 Å². The Kier molecular flexibility index (Phi) is 3.94. The molecule has 0 aromatic rings. The van der Waals surface area contributed by atoms with Crippen LogP contribution in [0.4, 0.5) is 13.2 Å². The number of rotatable bonds is 2. The van der Waals surface area contributed by atoms with E-state index in [1.54, 1.807) is 0 Å². The highest BCUT2D eigenvalue weighted by molar-refractivity contribution is 7.48. The van der Waals surface area contributed by atoms with Crippen molar-refractivity contribution in [3.05, 3.63) is 0 Å². The second kappa shape index (κ2) is 4.61. The van der Waals surface area contributed by atoms with Crippen molar-refractivity contribution in [1.29, 1.82) is 0 Å². The molecule has 0 saturated carbocycles. The number of alkyl halides is 3. The monoisotopic (exact) mass is 234 g/mol. The van der Waals surface area contributed by atoms with E-state index >= 15 is 0 Å². The van der Waals surface area contributed by atoms with Crippen LogP contribution < -0.4 is 0 Å². The molecule has 0 unspecified atom stereocenters. The Labute approximate surface area is 78.9 Å². The van der Waals surface area contributed by atoms with Gasteiger partial charge in [-0.15, -0.1) is 0 Å². The van der Waals surface area contributed by atoms with E-state index in [2.05, 4.69) is 13.6 Å². The number of hydrogen-bond donors (Lipinski definition) is 0. The summed E-state index contributed by atoms with van der Waals surface area (Å²) in [5.41, 5.74) is 0. The van der Waals surface area contributed by atoms with Gasteiger partial charge in [-0.3, -0.25) is 13.6 Å². The summed E-state index contributed by atoms with van der Waals surface area (Å²) in [7, 11) is -3.97. The molecule has 0 aromatic heterocycles. The summed E-state index contributed by atoms with van der Waals surface area (Å²) in [4.78, 5) is 0. The van der Waals surface area contributed by atoms with Crippen molar-refractivity contribution >= 4 is 7.82 Å². The zero-order chi connectivity index (χ0) is 10.7. The normalized spacial score (nSPS) is 23.1. The van der Waals surface area contributed by atoms with E-state index in [9.17, 15) is 17.7 Å². The Morgan fingerprint density at radius 2 is 1.71 bits per heavy atom. The highest BCUT2D eigenvalue weighted by Crippen LogP contribution is 2.51. The fraction of sp³-hybridized carbons (Fsp3) is 1.00. The third-order valence-electron chi connectivity index (χ3n) is 1.42. The van der Waals surface area contributed by atoms with Gasteiger partial charge in [-0.2, -0.15) is 13.2 Å². The molecular weight excluding hydrogens is 224 g/mol. The van der Waals surface area contributed by atoms with Crippen LogP contribution in [0.5, 0.6) is 0 Å². The molecule has 84 valence electrons. The Bertz CT molecular complexity index is 218. The first-order chi connectivity index (χ1) is 6.41. The van der Waals surface area contributed by atoms with Gasteiger partial charge >= 0.3 is 14.0 Å². The van der Waals surface area contributed by atoms with Crippen LogP contribution in [0.3, 0.4) is 0 Å². The molecule has 1 heterocycles. The minimum absolute atomic E-state index is 0.0924. The number of halogens is 3. The largest absolute Gasteiger partial charge is 0.475 e. The van der Waals surface area contributed by atoms with Crippen LogP contribution in [-0.4, -0.2) is 26.0 Å². The van der Waals surface area contributed by atoms with E-state index in [4.69, 9.17) is 0 Å². The summed E-state index contributed by atoms with van der Waals surface area (Å²) in [5, 5.41) is 0. The van der Waals surface area contributed by atoms with Crippen molar-refractivity contribution in [2.24, 2.45) is 0 Å². The predicted molar refractivity (Wildman–Crippen MR) is 40.8 cm³/mol. The lowest BCUT2D eigenvalue weighted by molar-refractivity contribution is -0.158. The lowest BCUT2D eigenvalue weighted by Crippen LogP contribution is -2.16. The molecule has 0 radical (unpaired) electrons. The molecule has 0 aromatic carbocycles. The zero-order valence-electron chi connectivity index (χ0n) is 7.25. The smallest absolute Gasteiger partial charge is 0.287 e. The average Bonchev–Trinajstić information content (AvgIpc) is 2.27. The molecule has 0 aliphatic carbocycles. The first-order valence-electron chi connectivity index (χ1n) is 4.02. The average molecular weight is 234 g/mol. The minimum Gasteiger partial charge on any atom is -0.287 e. The summed E-state index contributed by atoms with van der Waals surface area (Å²) in [6.45, 7) is -1.44. The molecule has 1 fully saturated rings. The Morgan fingerprint density at radius 3 is 2.14 bits per heavy atom. The molecule has 0 atom stereocenters. The quantitative estimate of drug-likeness (QED) is 0.688. The number of hydrogen-bond acceptors (Lipinski definition) is 4. The van der Waals surface area contributed by atoms with E-state index in [1.165, 1.54) is 0 Å². The van der Waals surface area contributed by atoms with Gasteiger partial charge in [0.1, 0.15) is 0 Å². The Balaban J connectivity index is 2.43. The minimum atomic E-state index is -4.53. The first-order valence-corrected chi connectivity index (χ1v) is 5.48. The molecule has 0 bridgehead atoms. The zero-order valence-corrected chi connectivity index (χ0v) is 8.14. The highest BCUT2D eigenvalue weighted by Gasteiger charge is 2.36. The first kappa shape index (κ1) is 12.0. The summed E-state index contributed by atoms with van der Waals surface area (Å²) >= 11 is 0. The van der Waals surface area contributed by atoms with Crippen molar-refractivity contribution in [2.75, 3.05) is 19.8 Å². The van der Waals surface area contributed by atoms with Gasteiger partial charge in [0.25, 0.3) is 0 Å². The molecule has 1 saturated heterocycles. The van der Waals surface area contributed by atoms with E-state index in [-0.39, 0.29) is 13.2 Å². The van der Waals surface area contributed by atoms with Crippen LogP contribution in [0.15, 0.2) is 0 Å². The number of phosphoric acid groups is 1. The highest BCUT2D eigenvalue weighted by atomic mass is 31.2. The fourth-order valence-corrected chi connectivity index (χ4v) is 2.05. The molecule has 8 heteroatoms. The summed E-state index contributed by atoms with van der Waals surface area (Å²) in [5.74, 6) is 0. The van der Waals surface area contributed by atoms with Crippen molar-refractivity contribution < 1.29 is 31.3 Å². The van der Waals surface area contributed by atoms with Crippen LogP contribution in [0.2, 0.25) is 0 Å². The molecule has 4 nitrogen and oxygen atoms in total. The van der Waals surface area contributed by atoms with Crippen molar-refractivity contribution in [1.82, 2.24) is 0 Å². The Hall–Kier alpha value is -0.100. The molecule has 14 heavy (non-hydrogen) atoms. The predicted octanol–water partition coefficient (Wildman–Crippen LogP) is 2.50. The third kappa shape index (κ3) is 4.41. The van der Waals surface area contributed by atoms with E-state index in [0.29, 0.717) is 12.8 Å². The SMILES string of the molecule is O=P1(OCC(F)(F)F)OCCCCO1. The lowest BCUT2D eigenvalue weighted by Gasteiger charge is -2.15. The maximum atomic E-state index is 11.7. The standard InChI is InChI=1S/C6H10F3O4P/c7-6(8,9)5-13-14(10)11-3-1-2-4-12-14/h1-5H2. The number of phosphoric ester groups is 1. The molecule has 1 rings (SSSR count). The fourth-order valence-electron chi connectivity index (χ4n) is 0.821. The maximum Gasteiger partial charge on any atom is 0.475 e. The van der Waals surface area contributed by atoms with Crippen LogP contribution in [-0.2, 0) is 18.1 Å². The molecule has 0 spiro atoms.